The Balaban J connectivity index is 1.72. The van der Waals surface area contributed by atoms with Gasteiger partial charge in [-0.3, -0.25) is 4.79 Å². The van der Waals surface area contributed by atoms with E-state index in [1.165, 1.54) is 12.1 Å². The SMILES string of the molecule is Cc1c([C@H](C)NC(=O)C2CCOCC2)cnn1-c1ccc(F)cc1. The molecule has 24 heavy (non-hydrogen) atoms. The summed E-state index contributed by atoms with van der Waals surface area (Å²) in [6, 6.07) is 6.06. The van der Waals surface area contributed by atoms with Crippen LogP contribution < -0.4 is 5.32 Å². The molecule has 0 radical (unpaired) electrons. The number of nitrogens with one attached hydrogen (secondary N) is 1. The quantitative estimate of drug-likeness (QED) is 0.937. The summed E-state index contributed by atoms with van der Waals surface area (Å²) in [7, 11) is 0. The van der Waals surface area contributed by atoms with E-state index in [1.54, 1.807) is 23.0 Å². The van der Waals surface area contributed by atoms with E-state index in [9.17, 15) is 9.18 Å². The van der Waals surface area contributed by atoms with E-state index < -0.39 is 0 Å². The summed E-state index contributed by atoms with van der Waals surface area (Å²) in [5.74, 6) is -0.186. The molecule has 1 aliphatic rings. The van der Waals surface area contributed by atoms with E-state index in [2.05, 4.69) is 10.4 Å². The van der Waals surface area contributed by atoms with E-state index in [0.717, 1.165) is 29.8 Å². The van der Waals surface area contributed by atoms with Crippen molar-refractivity contribution in [1.29, 1.82) is 0 Å². The molecule has 0 bridgehead atoms. The molecule has 1 amide bonds. The number of ether oxygens (including phenoxy) is 1. The van der Waals surface area contributed by atoms with Crippen LogP contribution >= 0.6 is 0 Å². The van der Waals surface area contributed by atoms with Gasteiger partial charge in [-0.2, -0.15) is 5.10 Å². The summed E-state index contributed by atoms with van der Waals surface area (Å²) < 4.78 is 20.1. The minimum atomic E-state index is -0.277. The van der Waals surface area contributed by atoms with E-state index in [4.69, 9.17) is 4.74 Å². The van der Waals surface area contributed by atoms with Gasteiger partial charge in [0.05, 0.1) is 17.9 Å². The van der Waals surface area contributed by atoms with Gasteiger partial charge in [-0.1, -0.05) is 0 Å². The lowest BCUT2D eigenvalue weighted by atomic mass is 9.98. The lowest BCUT2D eigenvalue weighted by Crippen LogP contribution is -2.35. The van der Waals surface area contributed by atoms with E-state index in [0.29, 0.717) is 13.2 Å². The second-order valence-corrected chi connectivity index (χ2v) is 6.19. The highest BCUT2D eigenvalue weighted by Gasteiger charge is 2.24. The molecule has 1 saturated heterocycles. The zero-order valence-electron chi connectivity index (χ0n) is 14.0. The Morgan fingerprint density at radius 1 is 1.33 bits per heavy atom. The Morgan fingerprint density at radius 2 is 2.00 bits per heavy atom. The molecule has 0 aliphatic carbocycles. The minimum absolute atomic E-state index is 0.0219. The van der Waals surface area contributed by atoms with Gasteiger partial charge in [0.25, 0.3) is 0 Å². The van der Waals surface area contributed by atoms with Gasteiger partial charge >= 0.3 is 0 Å². The maximum atomic E-state index is 13.1. The number of benzene rings is 1. The smallest absolute Gasteiger partial charge is 0.223 e. The molecule has 0 saturated carbocycles. The van der Waals surface area contributed by atoms with Crippen LogP contribution in [0.15, 0.2) is 30.5 Å². The Labute approximate surface area is 140 Å². The van der Waals surface area contributed by atoms with Crippen molar-refractivity contribution in [3.63, 3.8) is 0 Å². The third-order valence-electron chi connectivity index (χ3n) is 4.54. The van der Waals surface area contributed by atoms with Gasteiger partial charge in [-0.05, 0) is 51.0 Å². The fourth-order valence-electron chi connectivity index (χ4n) is 3.06. The van der Waals surface area contributed by atoms with Crippen molar-refractivity contribution < 1.29 is 13.9 Å². The first-order valence-electron chi connectivity index (χ1n) is 8.25. The van der Waals surface area contributed by atoms with Gasteiger partial charge in [-0.25, -0.2) is 9.07 Å². The first-order chi connectivity index (χ1) is 11.6. The van der Waals surface area contributed by atoms with Crippen molar-refractivity contribution in [2.45, 2.75) is 32.7 Å². The van der Waals surface area contributed by atoms with E-state index >= 15 is 0 Å². The molecule has 5 nitrogen and oxygen atoms in total. The molecule has 1 aromatic carbocycles. The average Bonchev–Trinajstić information content (AvgIpc) is 2.98. The molecule has 3 rings (SSSR count). The summed E-state index contributed by atoms with van der Waals surface area (Å²) in [5.41, 5.74) is 2.68. The monoisotopic (exact) mass is 331 g/mol. The molecule has 2 heterocycles. The van der Waals surface area contributed by atoms with Gasteiger partial charge in [-0.15, -0.1) is 0 Å². The molecule has 6 heteroatoms. The number of nitrogens with zero attached hydrogens (tertiary/aromatic N) is 2. The van der Waals surface area contributed by atoms with Gasteiger partial charge in [0, 0.05) is 30.4 Å². The van der Waals surface area contributed by atoms with Gasteiger partial charge in [0.15, 0.2) is 0 Å². The van der Waals surface area contributed by atoms with Crippen LogP contribution in [0, 0.1) is 18.7 Å². The summed E-state index contributed by atoms with van der Waals surface area (Å²) in [4.78, 5) is 12.4. The van der Waals surface area contributed by atoms with Crippen LogP contribution in [0.25, 0.3) is 5.69 Å². The molecule has 1 aliphatic heterocycles. The molecule has 1 N–H and O–H groups in total. The predicted octanol–water partition coefficient (Wildman–Crippen LogP) is 2.92. The number of carbonyl (C=O) groups is 1. The number of rotatable bonds is 4. The van der Waals surface area contributed by atoms with E-state index in [1.807, 2.05) is 13.8 Å². The number of hydrogen-bond donors (Lipinski definition) is 1. The molecule has 2 aromatic rings. The van der Waals surface area contributed by atoms with Gasteiger partial charge in [0.2, 0.25) is 5.91 Å². The molecule has 1 atom stereocenters. The topological polar surface area (TPSA) is 56.1 Å². The van der Waals surface area contributed by atoms with Crippen molar-refractivity contribution in [2.24, 2.45) is 5.92 Å². The Morgan fingerprint density at radius 3 is 2.67 bits per heavy atom. The van der Waals surface area contributed by atoms with Gasteiger partial charge in [0.1, 0.15) is 5.82 Å². The van der Waals surface area contributed by atoms with Crippen molar-refractivity contribution in [3.05, 3.63) is 47.5 Å². The maximum absolute atomic E-state index is 13.1. The van der Waals surface area contributed by atoms with Crippen molar-refractivity contribution in [1.82, 2.24) is 15.1 Å². The minimum Gasteiger partial charge on any atom is -0.381 e. The molecule has 0 spiro atoms. The van der Waals surface area contributed by atoms with Crippen LogP contribution in [0.3, 0.4) is 0 Å². The number of hydrogen-bond acceptors (Lipinski definition) is 3. The number of amides is 1. The third kappa shape index (κ3) is 3.48. The lowest BCUT2D eigenvalue weighted by Gasteiger charge is -2.23. The van der Waals surface area contributed by atoms with Crippen molar-refractivity contribution >= 4 is 5.91 Å². The summed E-state index contributed by atoms with van der Waals surface area (Å²) in [5, 5.41) is 7.45. The van der Waals surface area contributed by atoms with Crippen LogP contribution in [0.1, 0.15) is 37.1 Å². The highest BCUT2D eigenvalue weighted by Crippen LogP contribution is 2.22. The fraction of sp³-hybridized carbons (Fsp3) is 0.444. The molecule has 1 fully saturated rings. The highest BCUT2D eigenvalue weighted by molar-refractivity contribution is 5.79. The Hall–Kier alpha value is -2.21. The largest absolute Gasteiger partial charge is 0.381 e. The fourth-order valence-corrected chi connectivity index (χ4v) is 3.06. The highest BCUT2D eigenvalue weighted by atomic mass is 19.1. The lowest BCUT2D eigenvalue weighted by molar-refractivity contribution is -0.128. The molecular weight excluding hydrogens is 309 g/mol. The number of carbonyl (C=O) groups excluding carboxylic acids is 1. The van der Waals surface area contributed by atoms with Crippen molar-refractivity contribution in [2.75, 3.05) is 13.2 Å². The third-order valence-corrected chi connectivity index (χ3v) is 4.54. The molecule has 0 unspecified atom stereocenters. The summed E-state index contributed by atoms with van der Waals surface area (Å²) in [6.07, 6.45) is 3.30. The zero-order chi connectivity index (χ0) is 17.1. The van der Waals surface area contributed by atoms with Crippen LogP contribution in [-0.2, 0) is 9.53 Å². The van der Waals surface area contributed by atoms with Crippen LogP contribution in [0.2, 0.25) is 0 Å². The number of halogens is 1. The predicted molar refractivity (Wildman–Crippen MR) is 88.4 cm³/mol. The second kappa shape index (κ2) is 7.13. The first kappa shape index (κ1) is 16.6. The van der Waals surface area contributed by atoms with E-state index in [-0.39, 0.29) is 23.7 Å². The van der Waals surface area contributed by atoms with Crippen LogP contribution in [-0.4, -0.2) is 28.9 Å². The first-order valence-corrected chi connectivity index (χ1v) is 8.25. The summed E-state index contributed by atoms with van der Waals surface area (Å²) in [6.45, 7) is 5.20. The summed E-state index contributed by atoms with van der Waals surface area (Å²) >= 11 is 0. The van der Waals surface area contributed by atoms with Crippen LogP contribution in [0.4, 0.5) is 4.39 Å². The molecular formula is C18H22FN3O2. The normalized spacial score (nSPS) is 16.8. The van der Waals surface area contributed by atoms with Crippen LogP contribution in [0.5, 0.6) is 0 Å². The molecule has 128 valence electrons. The zero-order valence-corrected chi connectivity index (χ0v) is 14.0. The Kier molecular flexibility index (Phi) is 4.94. The average molecular weight is 331 g/mol. The van der Waals surface area contributed by atoms with Crippen molar-refractivity contribution in [3.8, 4) is 5.69 Å². The maximum Gasteiger partial charge on any atom is 0.223 e. The second-order valence-electron chi connectivity index (χ2n) is 6.19. The van der Waals surface area contributed by atoms with Gasteiger partial charge < -0.3 is 10.1 Å². The molecule has 1 aromatic heterocycles. The standard InChI is InChI=1S/C18H22FN3O2/c1-12(21-18(23)14-7-9-24-10-8-14)17-11-20-22(13(17)2)16-5-3-15(19)4-6-16/h3-6,11-12,14H,7-10H2,1-2H3,(H,21,23)/t12-/m0/s1. The Bertz CT molecular complexity index is 706. The number of aromatic nitrogens is 2.